The molecule has 2 nitrogen and oxygen atoms in total. The first kappa shape index (κ1) is 22.5. The molecular weight excluding hydrogens is 270 g/mol. The van der Waals surface area contributed by atoms with Gasteiger partial charge < -0.3 is 22.4 Å². The summed E-state index contributed by atoms with van der Waals surface area (Å²) in [5.74, 6) is 0. The zero-order valence-corrected chi connectivity index (χ0v) is 14.7. The molecule has 0 atom stereocenters. The van der Waals surface area contributed by atoms with Crippen molar-refractivity contribution in [2.45, 2.75) is 83.5 Å². The lowest BCUT2D eigenvalue weighted by molar-refractivity contribution is -0.858. The summed E-state index contributed by atoms with van der Waals surface area (Å²) < 4.78 is 0. The number of rotatable bonds is 15. The van der Waals surface area contributed by atoms with Crippen LogP contribution in [-0.2, 0) is 0 Å². The van der Waals surface area contributed by atoms with Crippen LogP contribution in [0, 0.1) is 0 Å². The third-order valence-electron chi connectivity index (χ3n) is 3.83. The normalized spacial score (nSPS) is 10.8. The van der Waals surface area contributed by atoms with Gasteiger partial charge in [-0.2, -0.15) is 0 Å². The van der Waals surface area contributed by atoms with Crippen molar-refractivity contribution in [2.75, 3.05) is 27.2 Å². The third kappa shape index (κ3) is 20.5. The predicted molar refractivity (Wildman–Crippen MR) is 84.8 cm³/mol. The van der Waals surface area contributed by atoms with Gasteiger partial charge in [0.05, 0.1) is 20.6 Å². The highest BCUT2D eigenvalue weighted by Crippen LogP contribution is 2.12. The molecule has 20 heavy (non-hydrogen) atoms. The fourth-order valence-corrected chi connectivity index (χ4v) is 2.53. The van der Waals surface area contributed by atoms with Gasteiger partial charge in [-0.15, -0.1) is 0 Å². The van der Waals surface area contributed by atoms with Crippen molar-refractivity contribution in [1.29, 1.82) is 0 Å². The van der Waals surface area contributed by atoms with Gasteiger partial charge in [-0.1, -0.05) is 64.2 Å². The molecule has 124 valence electrons. The molecule has 2 N–H and O–H groups in total. The molecule has 0 rings (SSSR count). The van der Waals surface area contributed by atoms with Gasteiger partial charge in [-0.3, -0.25) is 0 Å². The minimum absolute atomic E-state index is 0. The molecule has 0 fully saturated rings. The molecule has 0 radical (unpaired) electrons. The molecule has 3 heteroatoms. The second-order valence-corrected chi connectivity index (χ2v) is 6.28. The molecule has 0 heterocycles. The van der Waals surface area contributed by atoms with Gasteiger partial charge in [0, 0.05) is 6.61 Å². The maximum absolute atomic E-state index is 8.67. The van der Waals surface area contributed by atoms with Crippen molar-refractivity contribution in [3.8, 4) is 0 Å². The molecule has 0 amide bonds. The number of unbranched alkanes of at least 4 members (excludes halogenated alkanes) is 12. The van der Waals surface area contributed by atoms with Gasteiger partial charge in [0.15, 0.2) is 0 Å². The van der Waals surface area contributed by atoms with Gasteiger partial charge in [0.1, 0.15) is 0 Å². The van der Waals surface area contributed by atoms with E-state index >= 15 is 0 Å². The fraction of sp³-hybridized carbons (Fsp3) is 1.00. The monoisotopic (exact) mass is 307 g/mol. The summed E-state index contributed by atoms with van der Waals surface area (Å²) in [4.78, 5) is 1.58. The lowest BCUT2D eigenvalue weighted by Gasteiger charge is -2.06. The molecule has 0 unspecified atom stereocenters. The maximum atomic E-state index is 8.67. The first-order valence-electron chi connectivity index (χ1n) is 8.67. The van der Waals surface area contributed by atoms with Crippen LogP contribution in [0.2, 0.25) is 0 Å². The Morgan fingerprint density at radius 3 is 1.15 bits per heavy atom. The van der Waals surface area contributed by atoms with E-state index in [1.165, 1.54) is 83.6 Å². The topological polar surface area (TPSA) is 24.7 Å². The van der Waals surface area contributed by atoms with Crippen LogP contribution in [0.15, 0.2) is 0 Å². The fourth-order valence-electron chi connectivity index (χ4n) is 2.53. The number of aliphatic hydroxyl groups excluding tert-OH is 1. The van der Waals surface area contributed by atoms with Crippen LogP contribution in [0.4, 0.5) is 0 Å². The molecule has 0 aliphatic rings. The molecule has 0 spiro atoms. The van der Waals surface area contributed by atoms with Crippen molar-refractivity contribution < 1.29 is 22.4 Å². The molecule has 0 saturated heterocycles. The zero-order chi connectivity index (χ0) is 14.2. The molecule has 0 aromatic heterocycles. The lowest BCUT2D eigenvalue weighted by Crippen LogP contribution is -3.05. The summed E-state index contributed by atoms with van der Waals surface area (Å²) >= 11 is 0. The van der Waals surface area contributed by atoms with Crippen LogP contribution in [-0.4, -0.2) is 32.4 Å². The van der Waals surface area contributed by atoms with Crippen LogP contribution >= 0.6 is 0 Å². The van der Waals surface area contributed by atoms with Crippen LogP contribution in [0.5, 0.6) is 0 Å². The number of nitrogens with one attached hydrogen (secondary N) is 1. The van der Waals surface area contributed by atoms with E-state index in [0.29, 0.717) is 6.61 Å². The van der Waals surface area contributed by atoms with E-state index in [1.807, 2.05) is 0 Å². The third-order valence-corrected chi connectivity index (χ3v) is 3.83. The lowest BCUT2D eigenvalue weighted by atomic mass is 10.0. The SMILES string of the molecule is C[NH+](C)CCCCCCCCCCCCCCCO.[Cl-]. The Morgan fingerprint density at radius 2 is 0.850 bits per heavy atom. The van der Waals surface area contributed by atoms with Gasteiger partial charge in [-0.25, -0.2) is 0 Å². The minimum atomic E-state index is 0. The number of hydrogen-bond donors (Lipinski definition) is 2. The standard InChI is InChI=1S/C17H37NO.ClH/c1-18(2)16-14-12-10-8-6-4-3-5-7-9-11-13-15-17-19;/h19H,3-17H2,1-2H3;1H. The van der Waals surface area contributed by atoms with E-state index in [1.54, 1.807) is 4.90 Å². The second kappa shape index (κ2) is 19.2. The summed E-state index contributed by atoms with van der Waals surface area (Å²) in [5, 5.41) is 8.67. The second-order valence-electron chi connectivity index (χ2n) is 6.28. The van der Waals surface area contributed by atoms with Gasteiger partial charge >= 0.3 is 0 Å². The first-order valence-corrected chi connectivity index (χ1v) is 8.67. The summed E-state index contributed by atoms with van der Waals surface area (Å²) in [6.45, 7) is 1.70. The number of quaternary nitrogens is 1. The maximum Gasteiger partial charge on any atom is 0.0766 e. The summed E-state index contributed by atoms with van der Waals surface area (Å²) in [5.41, 5.74) is 0. The van der Waals surface area contributed by atoms with Gasteiger partial charge in [-0.05, 0) is 19.3 Å². The molecule has 0 aliphatic carbocycles. The smallest absolute Gasteiger partial charge is 0.0766 e. The summed E-state index contributed by atoms with van der Waals surface area (Å²) in [6.07, 6.45) is 17.7. The Bertz CT molecular complexity index is 165. The average Bonchev–Trinajstić information content (AvgIpc) is 2.39. The number of halogens is 1. The predicted octanol–water partition coefficient (Wildman–Crippen LogP) is 0.199. The Hall–Kier alpha value is 0.210. The summed E-state index contributed by atoms with van der Waals surface area (Å²) in [6, 6.07) is 0. The van der Waals surface area contributed by atoms with E-state index in [4.69, 9.17) is 5.11 Å². The molecule has 0 aliphatic heterocycles. The van der Waals surface area contributed by atoms with E-state index in [2.05, 4.69) is 14.1 Å². The quantitative estimate of drug-likeness (QED) is 0.415. The first-order chi connectivity index (χ1) is 9.27. The van der Waals surface area contributed by atoms with Crippen LogP contribution in [0.1, 0.15) is 83.5 Å². The van der Waals surface area contributed by atoms with E-state index < -0.39 is 0 Å². The van der Waals surface area contributed by atoms with Crippen LogP contribution < -0.4 is 17.3 Å². The van der Waals surface area contributed by atoms with Gasteiger partial charge in [0.25, 0.3) is 0 Å². The van der Waals surface area contributed by atoms with Crippen molar-refractivity contribution in [1.82, 2.24) is 0 Å². The Morgan fingerprint density at radius 1 is 0.550 bits per heavy atom. The number of aliphatic hydroxyl groups is 1. The molecule has 0 saturated carbocycles. The van der Waals surface area contributed by atoms with Gasteiger partial charge in [0.2, 0.25) is 0 Å². The molecule has 0 aromatic rings. The highest BCUT2D eigenvalue weighted by Gasteiger charge is 1.95. The van der Waals surface area contributed by atoms with Crippen molar-refractivity contribution in [3.05, 3.63) is 0 Å². The van der Waals surface area contributed by atoms with Crippen LogP contribution in [0.25, 0.3) is 0 Å². The highest BCUT2D eigenvalue weighted by molar-refractivity contribution is 4.49. The summed E-state index contributed by atoms with van der Waals surface area (Å²) in [7, 11) is 4.48. The molecule has 0 aromatic carbocycles. The van der Waals surface area contributed by atoms with Crippen molar-refractivity contribution >= 4 is 0 Å². The Balaban J connectivity index is 0. The van der Waals surface area contributed by atoms with Crippen LogP contribution in [0.3, 0.4) is 0 Å². The highest BCUT2D eigenvalue weighted by atomic mass is 35.5. The largest absolute Gasteiger partial charge is 1.00 e. The molecule has 0 bridgehead atoms. The van der Waals surface area contributed by atoms with E-state index in [0.717, 1.165) is 6.42 Å². The Labute approximate surface area is 133 Å². The molecular formula is C17H38ClNO. The number of hydrogen-bond acceptors (Lipinski definition) is 1. The average molecular weight is 308 g/mol. The van der Waals surface area contributed by atoms with Crippen molar-refractivity contribution in [3.63, 3.8) is 0 Å². The van der Waals surface area contributed by atoms with E-state index in [9.17, 15) is 0 Å². The Kier molecular flexibility index (Phi) is 21.6. The minimum Gasteiger partial charge on any atom is -1.00 e. The van der Waals surface area contributed by atoms with E-state index in [-0.39, 0.29) is 12.4 Å². The zero-order valence-electron chi connectivity index (χ0n) is 13.9. The van der Waals surface area contributed by atoms with Crippen molar-refractivity contribution in [2.24, 2.45) is 0 Å².